The molecule has 2 N–H and O–H groups in total. The summed E-state index contributed by atoms with van der Waals surface area (Å²) in [7, 11) is 4.65. The summed E-state index contributed by atoms with van der Waals surface area (Å²) in [5.41, 5.74) is 1.78. The maximum atomic E-state index is 12.6. The Balaban J connectivity index is 1.57. The van der Waals surface area contributed by atoms with E-state index in [1.165, 1.54) is 26.0 Å². The van der Waals surface area contributed by atoms with Crippen molar-refractivity contribution in [2.45, 2.75) is 4.90 Å². The highest BCUT2D eigenvalue weighted by Crippen LogP contribution is 2.28. The fourth-order valence-electron chi connectivity index (χ4n) is 2.86. The number of methoxy groups -OCH3 is 3. The Hall–Kier alpha value is -3.65. The van der Waals surface area contributed by atoms with Crippen LogP contribution in [0.15, 0.2) is 71.6 Å². The third kappa shape index (κ3) is 6.18. The van der Waals surface area contributed by atoms with E-state index in [4.69, 9.17) is 14.2 Å². The molecular weight excluding hydrogens is 428 g/mol. The van der Waals surface area contributed by atoms with Crippen molar-refractivity contribution in [3.05, 3.63) is 72.3 Å². The zero-order valence-electron chi connectivity index (χ0n) is 18.0. The van der Waals surface area contributed by atoms with E-state index in [0.29, 0.717) is 28.4 Å². The number of anilines is 2. The minimum atomic E-state index is -0.273. The smallest absolute Gasteiger partial charge is 0.255 e. The van der Waals surface area contributed by atoms with Gasteiger partial charge in [0.25, 0.3) is 5.91 Å². The number of amides is 2. The summed E-state index contributed by atoms with van der Waals surface area (Å²) in [6.45, 7) is 0. The fourth-order valence-corrected chi connectivity index (χ4v) is 3.62. The average molecular weight is 453 g/mol. The summed E-state index contributed by atoms with van der Waals surface area (Å²) in [6, 6.07) is 19.4. The van der Waals surface area contributed by atoms with Gasteiger partial charge in [-0.2, -0.15) is 0 Å². The van der Waals surface area contributed by atoms with Gasteiger partial charge in [0, 0.05) is 21.8 Å². The zero-order chi connectivity index (χ0) is 22.9. The van der Waals surface area contributed by atoms with Gasteiger partial charge in [0.05, 0.1) is 27.1 Å². The van der Waals surface area contributed by atoms with Crippen LogP contribution in [0.1, 0.15) is 10.4 Å². The third-order valence-electron chi connectivity index (χ3n) is 4.48. The molecule has 0 aliphatic carbocycles. The second-order valence-corrected chi connectivity index (χ2v) is 7.67. The Morgan fingerprint density at radius 3 is 2.22 bits per heavy atom. The molecule has 0 radical (unpaired) electrons. The molecule has 3 aromatic carbocycles. The minimum absolute atomic E-state index is 0.125. The van der Waals surface area contributed by atoms with Gasteiger partial charge in [-0.15, -0.1) is 11.8 Å². The summed E-state index contributed by atoms with van der Waals surface area (Å²) in [5.74, 6) is 1.59. The number of benzene rings is 3. The van der Waals surface area contributed by atoms with Crippen molar-refractivity contribution in [3.63, 3.8) is 0 Å². The van der Waals surface area contributed by atoms with Gasteiger partial charge in [-0.3, -0.25) is 9.59 Å². The number of hydrogen-bond acceptors (Lipinski definition) is 6. The first-order valence-electron chi connectivity index (χ1n) is 9.72. The van der Waals surface area contributed by atoms with E-state index in [0.717, 1.165) is 10.6 Å². The molecule has 0 bridgehead atoms. The Morgan fingerprint density at radius 2 is 1.53 bits per heavy atom. The van der Waals surface area contributed by atoms with Crippen LogP contribution in [0.4, 0.5) is 11.4 Å². The van der Waals surface area contributed by atoms with E-state index in [9.17, 15) is 9.59 Å². The van der Waals surface area contributed by atoms with Crippen molar-refractivity contribution in [1.82, 2.24) is 0 Å². The van der Waals surface area contributed by atoms with Gasteiger partial charge in [-0.25, -0.2) is 0 Å². The van der Waals surface area contributed by atoms with Gasteiger partial charge < -0.3 is 24.8 Å². The van der Waals surface area contributed by atoms with E-state index >= 15 is 0 Å². The molecule has 0 aromatic heterocycles. The van der Waals surface area contributed by atoms with Crippen molar-refractivity contribution in [1.29, 1.82) is 0 Å². The number of ether oxygens (including phenoxy) is 3. The quantitative estimate of drug-likeness (QED) is 0.458. The number of hydrogen-bond donors (Lipinski definition) is 2. The molecule has 0 unspecified atom stereocenters. The number of carbonyl (C=O) groups excluding carboxylic acids is 2. The highest BCUT2D eigenvalue weighted by molar-refractivity contribution is 8.00. The first-order valence-corrected chi connectivity index (χ1v) is 10.7. The van der Waals surface area contributed by atoms with Crippen LogP contribution in [0.5, 0.6) is 17.2 Å². The van der Waals surface area contributed by atoms with Gasteiger partial charge in [0.15, 0.2) is 11.5 Å². The molecule has 3 rings (SSSR count). The number of carbonyl (C=O) groups is 2. The highest BCUT2D eigenvalue weighted by atomic mass is 32.2. The van der Waals surface area contributed by atoms with Crippen LogP contribution in [-0.4, -0.2) is 38.9 Å². The largest absolute Gasteiger partial charge is 0.497 e. The van der Waals surface area contributed by atoms with Crippen molar-refractivity contribution >= 4 is 35.0 Å². The predicted molar refractivity (Wildman–Crippen MR) is 126 cm³/mol. The maximum Gasteiger partial charge on any atom is 0.255 e. The molecule has 0 atom stereocenters. The molecule has 0 heterocycles. The Morgan fingerprint density at radius 1 is 0.781 bits per heavy atom. The van der Waals surface area contributed by atoms with Crippen LogP contribution in [-0.2, 0) is 4.79 Å². The molecule has 32 heavy (non-hydrogen) atoms. The Labute approximate surface area is 191 Å². The van der Waals surface area contributed by atoms with Crippen LogP contribution in [0.25, 0.3) is 0 Å². The van der Waals surface area contributed by atoms with E-state index in [1.807, 2.05) is 18.2 Å². The number of rotatable bonds is 9. The molecular formula is C24H24N2O5S. The van der Waals surface area contributed by atoms with Crippen LogP contribution >= 0.6 is 11.8 Å². The lowest BCUT2D eigenvalue weighted by atomic mass is 10.2. The summed E-state index contributed by atoms with van der Waals surface area (Å²) in [5, 5.41) is 5.71. The lowest BCUT2D eigenvalue weighted by molar-refractivity contribution is -0.113. The summed E-state index contributed by atoms with van der Waals surface area (Å²) < 4.78 is 15.6. The normalized spacial score (nSPS) is 10.2. The topological polar surface area (TPSA) is 85.9 Å². The van der Waals surface area contributed by atoms with Gasteiger partial charge in [0.1, 0.15) is 5.75 Å². The van der Waals surface area contributed by atoms with Crippen LogP contribution in [0, 0.1) is 0 Å². The van der Waals surface area contributed by atoms with Crippen LogP contribution in [0.2, 0.25) is 0 Å². The summed E-state index contributed by atoms with van der Waals surface area (Å²) in [6.07, 6.45) is 0. The standard InChI is InChI=1S/C24H24N2O5S/c1-29-19-10-8-17(9-11-19)25-23(27)15-32-20-6-4-5-18(14-20)26-24(28)16-7-12-21(30-2)22(13-16)31-3/h4-14H,15H2,1-3H3,(H,25,27)(H,26,28). The summed E-state index contributed by atoms with van der Waals surface area (Å²) >= 11 is 1.38. The third-order valence-corrected chi connectivity index (χ3v) is 5.48. The molecule has 0 spiro atoms. The monoisotopic (exact) mass is 452 g/mol. The second kappa shape index (κ2) is 11.1. The SMILES string of the molecule is COc1ccc(NC(=O)CSc2cccc(NC(=O)c3ccc(OC)c(OC)c3)c2)cc1. The van der Waals surface area contributed by atoms with Gasteiger partial charge >= 0.3 is 0 Å². The zero-order valence-corrected chi connectivity index (χ0v) is 18.8. The molecule has 166 valence electrons. The maximum absolute atomic E-state index is 12.6. The van der Waals surface area contributed by atoms with Crippen molar-refractivity contribution in [2.75, 3.05) is 37.7 Å². The van der Waals surface area contributed by atoms with E-state index in [2.05, 4.69) is 10.6 Å². The average Bonchev–Trinajstić information content (AvgIpc) is 2.83. The van der Waals surface area contributed by atoms with Gasteiger partial charge in [-0.05, 0) is 60.7 Å². The first-order chi connectivity index (χ1) is 15.5. The molecule has 0 saturated carbocycles. The van der Waals surface area contributed by atoms with Gasteiger partial charge in [-0.1, -0.05) is 6.07 Å². The second-order valence-electron chi connectivity index (χ2n) is 6.62. The number of nitrogens with one attached hydrogen (secondary N) is 2. The van der Waals surface area contributed by atoms with Crippen molar-refractivity contribution in [3.8, 4) is 17.2 Å². The van der Waals surface area contributed by atoms with Crippen LogP contribution < -0.4 is 24.8 Å². The Kier molecular flexibility index (Phi) is 7.99. The lowest BCUT2D eigenvalue weighted by Crippen LogP contribution is -2.14. The van der Waals surface area contributed by atoms with Gasteiger partial charge in [0.2, 0.25) is 5.91 Å². The van der Waals surface area contributed by atoms with E-state index in [1.54, 1.807) is 55.6 Å². The molecule has 7 nitrogen and oxygen atoms in total. The van der Waals surface area contributed by atoms with Crippen molar-refractivity contribution < 1.29 is 23.8 Å². The van der Waals surface area contributed by atoms with E-state index < -0.39 is 0 Å². The summed E-state index contributed by atoms with van der Waals surface area (Å²) in [4.78, 5) is 25.7. The predicted octanol–water partition coefficient (Wildman–Crippen LogP) is 4.70. The van der Waals surface area contributed by atoms with Crippen LogP contribution in [0.3, 0.4) is 0 Å². The lowest BCUT2D eigenvalue weighted by Gasteiger charge is -2.11. The molecule has 3 aromatic rings. The Bertz CT molecular complexity index is 1090. The molecule has 8 heteroatoms. The molecule has 0 fully saturated rings. The molecule has 0 saturated heterocycles. The molecule has 2 amide bonds. The fraction of sp³-hybridized carbons (Fsp3) is 0.167. The van der Waals surface area contributed by atoms with E-state index in [-0.39, 0.29) is 17.6 Å². The molecule has 0 aliphatic heterocycles. The number of thioether (sulfide) groups is 1. The molecule has 0 aliphatic rings. The van der Waals surface area contributed by atoms with Crippen molar-refractivity contribution in [2.24, 2.45) is 0 Å². The highest BCUT2D eigenvalue weighted by Gasteiger charge is 2.12. The first kappa shape index (κ1) is 23.0. The minimum Gasteiger partial charge on any atom is -0.497 e.